The second kappa shape index (κ2) is 6.08. The Morgan fingerprint density at radius 3 is 2.30 bits per heavy atom. The van der Waals surface area contributed by atoms with Gasteiger partial charge in [-0.3, -0.25) is 0 Å². The van der Waals surface area contributed by atoms with E-state index < -0.39 is 13.3 Å². The van der Waals surface area contributed by atoms with Gasteiger partial charge in [-0.25, -0.2) is 0 Å². The van der Waals surface area contributed by atoms with Crippen molar-refractivity contribution >= 4 is 17.7 Å². The average Bonchev–Trinajstić information content (AvgIpc) is 2.37. The molecule has 0 fully saturated rings. The Hall–Kier alpha value is -1.16. The zero-order chi connectivity index (χ0) is 14.8. The Labute approximate surface area is 125 Å². The molecule has 0 aromatic carbocycles. The van der Waals surface area contributed by atoms with Crippen molar-refractivity contribution in [1.82, 2.24) is 9.97 Å². The number of hydrogen-bond acceptors (Lipinski definition) is 2. The van der Waals surface area contributed by atoms with Gasteiger partial charge in [0.05, 0.1) is 0 Å². The first kappa shape index (κ1) is 15.2. The van der Waals surface area contributed by atoms with Gasteiger partial charge in [0, 0.05) is 0 Å². The van der Waals surface area contributed by atoms with Crippen molar-refractivity contribution in [3.05, 3.63) is 42.4 Å². The van der Waals surface area contributed by atoms with Crippen LogP contribution in [0.3, 0.4) is 0 Å². The molecule has 2 aromatic heterocycles. The summed E-state index contributed by atoms with van der Waals surface area (Å²) in [5, 5.41) is 0. The van der Waals surface area contributed by atoms with Crippen molar-refractivity contribution in [2.75, 3.05) is 0 Å². The van der Waals surface area contributed by atoms with Gasteiger partial charge in [-0.15, -0.1) is 0 Å². The first-order chi connectivity index (χ1) is 9.38. The summed E-state index contributed by atoms with van der Waals surface area (Å²) in [6.45, 7) is 4.57. The summed E-state index contributed by atoms with van der Waals surface area (Å²) >= 11 is -1.86. The second-order valence-corrected chi connectivity index (χ2v) is 17.4. The van der Waals surface area contributed by atoms with Gasteiger partial charge in [0.1, 0.15) is 0 Å². The third-order valence-electron chi connectivity index (χ3n) is 3.40. The van der Waals surface area contributed by atoms with Crippen LogP contribution in [-0.2, 0) is 6.42 Å². The summed E-state index contributed by atoms with van der Waals surface area (Å²) in [6, 6.07) is 6.35. The zero-order valence-electron chi connectivity index (χ0n) is 13.1. The summed E-state index contributed by atoms with van der Waals surface area (Å²) in [5.74, 6) is 7.98. The van der Waals surface area contributed by atoms with Crippen molar-refractivity contribution in [2.45, 2.75) is 37.5 Å². The van der Waals surface area contributed by atoms with Crippen LogP contribution in [0, 0.1) is 5.92 Å². The first-order valence-electron chi connectivity index (χ1n) is 7.27. The van der Waals surface area contributed by atoms with E-state index in [-0.39, 0.29) is 0 Å². The number of hydrogen-bond donors (Lipinski definition) is 0. The van der Waals surface area contributed by atoms with Crippen LogP contribution in [-0.4, -0.2) is 23.2 Å². The number of pyridine rings is 2. The fourth-order valence-electron chi connectivity index (χ4n) is 2.46. The minimum atomic E-state index is -1.86. The van der Waals surface area contributed by atoms with Crippen LogP contribution < -0.4 is 4.40 Å². The molecule has 2 aromatic rings. The van der Waals surface area contributed by atoms with Crippen molar-refractivity contribution in [3.63, 3.8) is 0 Å². The standard InChI is InChI=1S/C17H24GeN2/c1-13(2)10-15-11-17(14-6-8-19-9-7-14)20-12-16(15)18(3,4)5/h6-9,11-13H,10H2,1-5H3. The number of rotatable bonds is 4. The van der Waals surface area contributed by atoms with E-state index in [1.54, 1.807) is 0 Å². The molecule has 0 N–H and O–H groups in total. The molecule has 0 radical (unpaired) electrons. The average molecular weight is 329 g/mol. The predicted molar refractivity (Wildman–Crippen MR) is 89.0 cm³/mol. The van der Waals surface area contributed by atoms with Crippen molar-refractivity contribution < 1.29 is 0 Å². The van der Waals surface area contributed by atoms with Gasteiger partial charge in [0.2, 0.25) is 0 Å². The molecular weight excluding hydrogens is 305 g/mol. The van der Waals surface area contributed by atoms with Crippen LogP contribution in [0.25, 0.3) is 11.3 Å². The van der Waals surface area contributed by atoms with Crippen LogP contribution in [0.5, 0.6) is 0 Å². The van der Waals surface area contributed by atoms with Gasteiger partial charge in [-0.05, 0) is 0 Å². The Morgan fingerprint density at radius 2 is 1.75 bits per heavy atom. The minimum absolute atomic E-state index is 0.672. The molecule has 0 aliphatic rings. The quantitative estimate of drug-likeness (QED) is 0.796. The Bertz CT molecular complexity index is 571. The Kier molecular flexibility index (Phi) is 4.64. The third-order valence-corrected chi connectivity index (χ3v) is 7.74. The molecule has 0 bridgehead atoms. The molecule has 0 unspecified atom stereocenters. The molecule has 2 heterocycles. The van der Waals surface area contributed by atoms with Gasteiger partial charge in [0.25, 0.3) is 0 Å². The number of aromatic nitrogens is 2. The van der Waals surface area contributed by atoms with E-state index in [4.69, 9.17) is 4.98 Å². The molecule has 106 valence electrons. The molecule has 3 heteroatoms. The van der Waals surface area contributed by atoms with E-state index in [9.17, 15) is 0 Å². The van der Waals surface area contributed by atoms with Crippen LogP contribution in [0.2, 0.25) is 17.3 Å². The normalized spacial score (nSPS) is 11.9. The summed E-state index contributed by atoms with van der Waals surface area (Å²) in [4.78, 5) is 8.78. The zero-order valence-corrected chi connectivity index (χ0v) is 15.2. The molecule has 0 saturated heterocycles. The van der Waals surface area contributed by atoms with Crippen molar-refractivity contribution in [1.29, 1.82) is 0 Å². The van der Waals surface area contributed by atoms with Crippen molar-refractivity contribution in [2.24, 2.45) is 5.92 Å². The Balaban J connectivity index is 2.49. The second-order valence-electron chi connectivity index (χ2n) is 6.81. The molecule has 2 nitrogen and oxygen atoms in total. The molecular formula is C17H24GeN2. The number of nitrogens with zero attached hydrogens (tertiary/aromatic N) is 2. The van der Waals surface area contributed by atoms with Crippen LogP contribution in [0.15, 0.2) is 36.8 Å². The summed E-state index contributed by atoms with van der Waals surface area (Å²) < 4.78 is 1.54. The van der Waals surface area contributed by atoms with Gasteiger partial charge >= 0.3 is 125 Å². The Morgan fingerprint density at radius 1 is 1.10 bits per heavy atom. The van der Waals surface area contributed by atoms with E-state index in [0.717, 1.165) is 17.7 Å². The SMILES string of the molecule is CC(C)Cc1cc(-c2ccncc2)nc[c]1[Ge]([CH3])([CH3])[CH3]. The summed E-state index contributed by atoms with van der Waals surface area (Å²) in [5.41, 5.74) is 3.71. The topological polar surface area (TPSA) is 25.8 Å². The summed E-state index contributed by atoms with van der Waals surface area (Å²) in [6.07, 6.45) is 6.93. The maximum atomic E-state index is 4.70. The van der Waals surface area contributed by atoms with Crippen LogP contribution >= 0.6 is 0 Å². The molecule has 0 atom stereocenters. The third kappa shape index (κ3) is 3.69. The van der Waals surface area contributed by atoms with E-state index >= 15 is 0 Å². The van der Waals surface area contributed by atoms with Gasteiger partial charge < -0.3 is 0 Å². The van der Waals surface area contributed by atoms with E-state index in [0.29, 0.717) is 5.92 Å². The fourth-order valence-corrected chi connectivity index (χ4v) is 5.80. The van der Waals surface area contributed by atoms with E-state index in [1.807, 2.05) is 24.5 Å². The molecule has 2 rings (SSSR count). The molecule has 0 aliphatic heterocycles. The molecule has 0 aliphatic carbocycles. The molecule has 0 spiro atoms. The summed E-state index contributed by atoms with van der Waals surface area (Å²) in [7, 11) is 0. The molecule has 0 amide bonds. The maximum absolute atomic E-state index is 4.70. The van der Waals surface area contributed by atoms with Crippen LogP contribution in [0.1, 0.15) is 19.4 Å². The van der Waals surface area contributed by atoms with Gasteiger partial charge in [-0.2, -0.15) is 0 Å². The first-order valence-corrected chi connectivity index (χ1v) is 14.6. The van der Waals surface area contributed by atoms with E-state index in [2.05, 4.69) is 48.4 Å². The van der Waals surface area contributed by atoms with Crippen molar-refractivity contribution in [3.8, 4) is 11.3 Å². The monoisotopic (exact) mass is 330 g/mol. The molecule has 0 saturated carbocycles. The van der Waals surface area contributed by atoms with E-state index in [1.165, 1.54) is 9.96 Å². The fraction of sp³-hybridized carbons (Fsp3) is 0.412. The van der Waals surface area contributed by atoms with Crippen LogP contribution in [0.4, 0.5) is 0 Å². The van der Waals surface area contributed by atoms with Gasteiger partial charge in [-0.1, -0.05) is 0 Å². The molecule has 20 heavy (non-hydrogen) atoms. The predicted octanol–water partition coefficient (Wildman–Crippen LogP) is 3.89. The van der Waals surface area contributed by atoms with Gasteiger partial charge in [0.15, 0.2) is 0 Å².